The van der Waals surface area contributed by atoms with Crippen molar-refractivity contribution in [3.05, 3.63) is 82.9 Å². The normalized spacial score (nSPS) is 13.5. The van der Waals surface area contributed by atoms with Gasteiger partial charge in [0.25, 0.3) is 0 Å². The van der Waals surface area contributed by atoms with Crippen LogP contribution in [-0.2, 0) is 13.0 Å². The smallest absolute Gasteiger partial charge is 0.407 e. The molecule has 0 spiro atoms. The summed E-state index contributed by atoms with van der Waals surface area (Å²) in [4.78, 5) is 21.1. The first kappa shape index (κ1) is 17.9. The Bertz CT molecular complexity index is 1050. The number of nitrogens with zero attached hydrogens (tertiary/aromatic N) is 3. The number of amides is 1. The van der Waals surface area contributed by atoms with Crippen LogP contribution in [0.1, 0.15) is 22.4 Å². The van der Waals surface area contributed by atoms with Crippen molar-refractivity contribution in [3.63, 3.8) is 0 Å². The maximum absolute atomic E-state index is 14.7. The average Bonchev–Trinajstić information content (AvgIpc) is 2.72. The third-order valence-corrected chi connectivity index (χ3v) is 4.71. The topological polar surface area (TPSA) is 66.3 Å². The number of fused-ring (bicyclic) bond motifs is 1. The summed E-state index contributed by atoms with van der Waals surface area (Å²) in [6.45, 7) is 0.640. The summed E-state index contributed by atoms with van der Waals surface area (Å²) < 4.78 is 14.7. The molecule has 1 aromatic heterocycles. The zero-order valence-electron chi connectivity index (χ0n) is 15.0. The van der Waals surface area contributed by atoms with Gasteiger partial charge in [-0.3, -0.25) is 0 Å². The highest BCUT2D eigenvalue weighted by Gasteiger charge is 2.22. The van der Waals surface area contributed by atoms with E-state index >= 15 is 0 Å². The van der Waals surface area contributed by atoms with E-state index in [0.717, 1.165) is 22.4 Å². The van der Waals surface area contributed by atoms with E-state index in [1.54, 1.807) is 12.3 Å². The maximum Gasteiger partial charge on any atom is 0.407 e. The molecule has 6 heteroatoms. The van der Waals surface area contributed by atoms with Gasteiger partial charge in [-0.2, -0.15) is 0 Å². The number of carbonyl (C=O) groups is 1. The van der Waals surface area contributed by atoms with Gasteiger partial charge in [0.1, 0.15) is 5.82 Å². The highest BCUT2D eigenvalue weighted by Crippen LogP contribution is 2.24. The highest BCUT2D eigenvalue weighted by molar-refractivity contribution is 5.71. The first-order valence-corrected chi connectivity index (χ1v) is 8.96. The Kier molecular flexibility index (Phi) is 4.85. The van der Waals surface area contributed by atoms with Crippen molar-refractivity contribution >= 4 is 18.2 Å². The van der Waals surface area contributed by atoms with E-state index in [1.807, 2.05) is 48.6 Å². The van der Waals surface area contributed by atoms with Crippen LogP contribution in [0.4, 0.5) is 9.18 Å². The van der Waals surface area contributed by atoms with Crippen molar-refractivity contribution in [2.75, 3.05) is 6.54 Å². The summed E-state index contributed by atoms with van der Waals surface area (Å²) in [5.41, 5.74) is 3.66. The molecule has 0 bridgehead atoms. The van der Waals surface area contributed by atoms with Crippen LogP contribution in [0, 0.1) is 5.82 Å². The second-order valence-electron chi connectivity index (χ2n) is 6.60. The monoisotopic (exact) mass is 375 g/mol. The van der Waals surface area contributed by atoms with E-state index in [4.69, 9.17) is 5.11 Å². The third-order valence-electron chi connectivity index (χ3n) is 4.71. The molecule has 0 fully saturated rings. The third kappa shape index (κ3) is 3.76. The molecule has 2 aromatic carbocycles. The van der Waals surface area contributed by atoms with E-state index < -0.39 is 11.9 Å². The maximum atomic E-state index is 14.7. The lowest BCUT2D eigenvalue weighted by molar-refractivity contribution is 0.139. The lowest BCUT2D eigenvalue weighted by Crippen LogP contribution is -2.35. The molecule has 1 aliphatic heterocycles. The van der Waals surface area contributed by atoms with Crippen molar-refractivity contribution in [3.8, 4) is 11.4 Å². The number of carboxylic acid groups (broad SMARTS) is 1. The van der Waals surface area contributed by atoms with Gasteiger partial charge >= 0.3 is 6.09 Å². The van der Waals surface area contributed by atoms with E-state index in [-0.39, 0.29) is 6.54 Å². The molecular formula is C22H18FN3O2. The first-order chi connectivity index (χ1) is 13.6. The minimum absolute atomic E-state index is 0.261. The van der Waals surface area contributed by atoms with Crippen molar-refractivity contribution in [1.29, 1.82) is 0 Å². The number of hydrogen-bond acceptors (Lipinski definition) is 3. The van der Waals surface area contributed by atoms with Gasteiger partial charge in [0, 0.05) is 24.7 Å². The summed E-state index contributed by atoms with van der Waals surface area (Å²) in [5, 5.41) is 9.11. The minimum Gasteiger partial charge on any atom is -0.465 e. The minimum atomic E-state index is -0.958. The molecule has 3 aromatic rings. The molecule has 0 aliphatic carbocycles. The molecule has 0 atom stereocenters. The van der Waals surface area contributed by atoms with Gasteiger partial charge in [0.15, 0.2) is 5.82 Å². The fraction of sp³-hybridized carbons (Fsp3) is 0.136. The molecule has 1 amide bonds. The number of benzene rings is 2. The second kappa shape index (κ2) is 7.60. The van der Waals surface area contributed by atoms with Crippen molar-refractivity contribution in [1.82, 2.24) is 14.9 Å². The van der Waals surface area contributed by atoms with Crippen LogP contribution in [0.3, 0.4) is 0 Å². The van der Waals surface area contributed by atoms with Crippen LogP contribution in [0.5, 0.6) is 0 Å². The predicted molar refractivity (Wildman–Crippen MR) is 105 cm³/mol. The number of halogens is 1. The number of hydrogen-bond donors (Lipinski definition) is 1. The first-order valence-electron chi connectivity index (χ1n) is 8.96. The second-order valence-corrected chi connectivity index (χ2v) is 6.60. The largest absolute Gasteiger partial charge is 0.465 e. The van der Waals surface area contributed by atoms with Gasteiger partial charge in [0.05, 0.1) is 17.8 Å². The molecule has 1 aliphatic rings. The quantitative estimate of drug-likeness (QED) is 0.685. The zero-order valence-corrected chi connectivity index (χ0v) is 15.0. The predicted octanol–water partition coefficient (Wildman–Crippen LogP) is 4.49. The molecule has 28 heavy (non-hydrogen) atoms. The molecule has 140 valence electrons. The van der Waals surface area contributed by atoms with Crippen molar-refractivity contribution in [2.24, 2.45) is 0 Å². The Morgan fingerprint density at radius 1 is 1.11 bits per heavy atom. The highest BCUT2D eigenvalue weighted by atomic mass is 19.1. The molecule has 0 radical (unpaired) electrons. The molecule has 1 N–H and O–H groups in total. The summed E-state index contributed by atoms with van der Waals surface area (Å²) in [6, 6.07) is 14.8. The summed E-state index contributed by atoms with van der Waals surface area (Å²) >= 11 is 0. The molecule has 0 saturated carbocycles. The van der Waals surface area contributed by atoms with Crippen LogP contribution in [0.2, 0.25) is 0 Å². The SMILES string of the molecule is O=C(O)N1CCc2nc(-c3ccc(C=Cc4ccccc4)cc3F)ncc2C1. The Morgan fingerprint density at radius 2 is 1.89 bits per heavy atom. The van der Waals surface area contributed by atoms with Gasteiger partial charge in [-0.25, -0.2) is 19.2 Å². The average molecular weight is 375 g/mol. The molecule has 5 nitrogen and oxygen atoms in total. The van der Waals surface area contributed by atoms with Gasteiger partial charge in [-0.05, 0) is 23.3 Å². The van der Waals surface area contributed by atoms with Gasteiger partial charge in [0.2, 0.25) is 0 Å². The van der Waals surface area contributed by atoms with Crippen LogP contribution in [0.15, 0.2) is 54.7 Å². The zero-order chi connectivity index (χ0) is 19.5. The van der Waals surface area contributed by atoms with Crippen LogP contribution in [0.25, 0.3) is 23.5 Å². The lowest BCUT2D eigenvalue weighted by Gasteiger charge is -2.25. The van der Waals surface area contributed by atoms with E-state index in [9.17, 15) is 9.18 Å². The number of rotatable bonds is 3. The molecule has 0 saturated heterocycles. The van der Waals surface area contributed by atoms with Crippen LogP contribution >= 0.6 is 0 Å². The summed E-state index contributed by atoms with van der Waals surface area (Å²) in [7, 11) is 0. The van der Waals surface area contributed by atoms with Gasteiger partial charge < -0.3 is 10.0 Å². The molecule has 2 heterocycles. The van der Waals surface area contributed by atoms with Crippen LogP contribution < -0.4 is 0 Å². The Morgan fingerprint density at radius 3 is 2.64 bits per heavy atom. The fourth-order valence-electron chi connectivity index (χ4n) is 3.18. The number of aromatic nitrogens is 2. The van der Waals surface area contributed by atoms with Gasteiger partial charge in [-0.15, -0.1) is 0 Å². The Balaban J connectivity index is 1.57. The molecule has 4 rings (SSSR count). The van der Waals surface area contributed by atoms with Gasteiger partial charge in [-0.1, -0.05) is 48.6 Å². The van der Waals surface area contributed by atoms with E-state index in [1.165, 1.54) is 11.0 Å². The van der Waals surface area contributed by atoms with Crippen LogP contribution in [-0.4, -0.2) is 32.6 Å². The lowest BCUT2D eigenvalue weighted by atomic mass is 10.1. The molecule has 0 unspecified atom stereocenters. The Labute approximate surface area is 161 Å². The molecular weight excluding hydrogens is 357 g/mol. The summed E-state index contributed by atoms with van der Waals surface area (Å²) in [6.07, 6.45) is 4.92. The fourth-order valence-corrected chi connectivity index (χ4v) is 3.18. The summed E-state index contributed by atoms with van der Waals surface area (Å²) in [5.74, 6) is -0.0725. The van der Waals surface area contributed by atoms with Crippen molar-refractivity contribution in [2.45, 2.75) is 13.0 Å². The van der Waals surface area contributed by atoms with E-state index in [0.29, 0.717) is 24.4 Å². The van der Waals surface area contributed by atoms with Crippen molar-refractivity contribution < 1.29 is 14.3 Å². The Hall–Kier alpha value is -3.54. The van der Waals surface area contributed by atoms with E-state index in [2.05, 4.69) is 9.97 Å². The standard InChI is InChI=1S/C22H18FN3O2/c23-19-12-16(7-6-15-4-2-1-3-5-15)8-9-18(19)21-24-13-17-14-26(22(27)28)11-10-20(17)25-21/h1-9,12-13H,10-11,14H2,(H,27,28).